The maximum atomic E-state index is 5.72. The first kappa shape index (κ1) is 9.51. The number of nitrogens with one attached hydrogen (secondary N) is 1. The van der Waals surface area contributed by atoms with Crippen molar-refractivity contribution in [3.05, 3.63) is 36.2 Å². The van der Waals surface area contributed by atoms with Crippen molar-refractivity contribution in [2.75, 3.05) is 11.1 Å². The van der Waals surface area contributed by atoms with E-state index in [1.165, 1.54) is 0 Å². The molecule has 0 aliphatic rings. The quantitative estimate of drug-likeness (QED) is 0.793. The zero-order valence-electron chi connectivity index (χ0n) is 8.40. The molecule has 3 N–H and O–H groups in total. The Balaban J connectivity index is 2.02. The number of nitrogens with zero attached hydrogens (tertiary/aromatic N) is 2. The molecular formula is C10H12N4O. The van der Waals surface area contributed by atoms with Gasteiger partial charge < -0.3 is 15.5 Å². The molecule has 0 saturated heterocycles. The van der Waals surface area contributed by atoms with Crippen LogP contribution in [0.3, 0.4) is 0 Å². The highest BCUT2D eigenvalue weighted by Gasteiger charge is 2.02. The van der Waals surface area contributed by atoms with Crippen molar-refractivity contribution in [3.8, 4) is 0 Å². The number of anilines is 2. The SMILES string of the molecule is Cc1ncc(CNc2ncccc2N)o1. The Hall–Kier alpha value is -2.04. The predicted molar refractivity (Wildman–Crippen MR) is 57.2 cm³/mol. The molecule has 78 valence electrons. The molecule has 5 nitrogen and oxygen atoms in total. The zero-order chi connectivity index (χ0) is 10.7. The average molecular weight is 204 g/mol. The van der Waals surface area contributed by atoms with E-state index in [0.717, 1.165) is 5.76 Å². The van der Waals surface area contributed by atoms with Gasteiger partial charge in [0.1, 0.15) is 11.6 Å². The lowest BCUT2D eigenvalue weighted by Crippen LogP contribution is -2.03. The van der Waals surface area contributed by atoms with Crippen LogP contribution in [0.1, 0.15) is 11.7 Å². The predicted octanol–water partition coefficient (Wildman–Crippen LogP) is 1.57. The summed E-state index contributed by atoms with van der Waals surface area (Å²) in [5, 5.41) is 3.07. The molecule has 2 aromatic rings. The molecule has 0 unspecified atom stereocenters. The van der Waals surface area contributed by atoms with Crippen LogP contribution in [-0.2, 0) is 6.54 Å². The minimum atomic E-state index is 0.530. The number of nitrogens with two attached hydrogens (primary N) is 1. The Kier molecular flexibility index (Phi) is 2.53. The molecule has 0 atom stereocenters. The number of nitrogen functional groups attached to an aromatic ring is 1. The number of hydrogen-bond acceptors (Lipinski definition) is 5. The van der Waals surface area contributed by atoms with Crippen LogP contribution in [0, 0.1) is 6.92 Å². The van der Waals surface area contributed by atoms with Gasteiger partial charge in [0.15, 0.2) is 5.89 Å². The zero-order valence-corrected chi connectivity index (χ0v) is 8.40. The van der Waals surface area contributed by atoms with Gasteiger partial charge in [-0.3, -0.25) is 0 Å². The minimum Gasteiger partial charge on any atom is -0.444 e. The second-order valence-electron chi connectivity index (χ2n) is 3.14. The van der Waals surface area contributed by atoms with Crippen molar-refractivity contribution < 1.29 is 4.42 Å². The highest BCUT2D eigenvalue weighted by Crippen LogP contribution is 2.14. The molecule has 0 bridgehead atoms. The molecule has 5 heteroatoms. The van der Waals surface area contributed by atoms with E-state index in [1.807, 2.05) is 0 Å². The Morgan fingerprint density at radius 3 is 3.00 bits per heavy atom. The fourth-order valence-corrected chi connectivity index (χ4v) is 1.22. The van der Waals surface area contributed by atoms with Gasteiger partial charge in [-0.15, -0.1) is 0 Å². The van der Waals surface area contributed by atoms with Gasteiger partial charge in [-0.05, 0) is 12.1 Å². The minimum absolute atomic E-state index is 0.530. The maximum Gasteiger partial charge on any atom is 0.191 e. The first-order valence-electron chi connectivity index (χ1n) is 4.61. The summed E-state index contributed by atoms with van der Waals surface area (Å²) in [4.78, 5) is 8.09. The number of aryl methyl sites for hydroxylation is 1. The number of rotatable bonds is 3. The second-order valence-corrected chi connectivity index (χ2v) is 3.14. The molecule has 0 amide bonds. The molecule has 0 fully saturated rings. The molecular weight excluding hydrogens is 192 g/mol. The molecule has 15 heavy (non-hydrogen) atoms. The molecule has 0 radical (unpaired) electrons. The summed E-state index contributed by atoms with van der Waals surface area (Å²) in [6.45, 7) is 2.33. The van der Waals surface area contributed by atoms with Crippen LogP contribution in [-0.4, -0.2) is 9.97 Å². The highest BCUT2D eigenvalue weighted by atomic mass is 16.4. The lowest BCUT2D eigenvalue weighted by atomic mass is 10.4. The molecule has 2 rings (SSSR count). The van der Waals surface area contributed by atoms with Gasteiger partial charge in [0.05, 0.1) is 18.4 Å². The molecule has 2 aromatic heterocycles. The van der Waals surface area contributed by atoms with Gasteiger partial charge >= 0.3 is 0 Å². The smallest absolute Gasteiger partial charge is 0.191 e. The van der Waals surface area contributed by atoms with Gasteiger partial charge in [0.25, 0.3) is 0 Å². The van der Waals surface area contributed by atoms with E-state index in [1.54, 1.807) is 31.5 Å². The van der Waals surface area contributed by atoms with Crippen LogP contribution in [0.15, 0.2) is 28.9 Å². The molecule has 0 spiro atoms. The summed E-state index contributed by atoms with van der Waals surface area (Å²) in [5.41, 5.74) is 6.34. The summed E-state index contributed by atoms with van der Waals surface area (Å²) < 4.78 is 5.30. The van der Waals surface area contributed by atoms with Crippen LogP contribution < -0.4 is 11.1 Å². The van der Waals surface area contributed by atoms with E-state index < -0.39 is 0 Å². The first-order chi connectivity index (χ1) is 7.25. The van der Waals surface area contributed by atoms with Crippen LogP contribution in [0.2, 0.25) is 0 Å². The first-order valence-corrected chi connectivity index (χ1v) is 4.61. The van der Waals surface area contributed by atoms with Gasteiger partial charge in [0, 0.05) is 13.1 Å². The summed E-state index contributed by atoms with van der Waals surface area (Å²) in [7, 11) is 0. The van der Waals surface area contributed by atoms with Crippen LogP contribution >= 0.6 is 0 Å². The maximum absolute atomic E-state index is 5.72. The topological polar surface area (TPSA) is 77.0 Å². The lowest BCUT2D eigenvalue weighted by Gasteiger charge is -2.05. The van der Waals surface area contributed by atoms with Crippen molar-refractivity contribution in [1.29, 1.82) is 0 Å². The van der Waals surface area contributed by atoms with Crippen molar-refractivity contribution in [1.82, 2.24) is 9.97 Å². The number of oxazole rings is 1. The van der Waals surface area contributed by atoms with Crippen molar-refractivity contribution in [3.63, 3.8) is 0 Å². The second kappa shape index (κ2) is 4.00. The summed E-state index contributed by atoms with van der Waals surface area (Å²) in [6, 6.07) is 3.58. The number of pyridine rings is 1. The number of aromatic nitrogens is 2. The fourth-order valence-electron chi connectivity index (χ4n) is 1.22. The van der Waals surface area contributed by atoms with E-state index in [-0.39, 0.29) is 0 Å². The summed E-state index contributed by atoms with van der Waals surface area (Å²) in [5.74, 6) is 2.07. The Bertz CT molecular complexity index is 452. The average Bonchev–Trinajstić information content (AvgIpc) is 2.63. The standard InChI is InChI=1S/C10H12N4O/c1-7-13-5-8(15-7)6-14-10-9(11)3-2-4-12-10/h2-5H,6,11H2,1H3,(H,12,14). The Morgan fingerprint density at radius 1 is 1.47 bits per heavy atom. The van der Waals surface area contributed by atoms with Gasteiger partial charge in [-0.25, -0.2) is 9.97 Å². The third kappa shape index (κ3) is 2.25. The van der Waals surface area contributed by atoms with Crippen LogP contribution in [0.25, 0.3) is 0 Å². The molecule has 0 aliphatic carbocycles. The highest BCUT2D eigenvalue weighted by molar-refractivity contribution is 5.60. The number of hydrogen-bond donors (Lipinski definition) is 2. The van der Waals surface area contributed by atoms with E-state index in [9.17, 15) is 0 Å². The summed E-state index contributed by atoms with van der Waals surface area (Å²) >= 11 is 0. The van der Waals surface area contributed by atoms with Crippen molar-refractivity contribution in [2.24, 2.45) is 0 Å². The van der Waals surface area contributed by atoms with E-state index in [0.29, 0.717) is 23.9 Å². The van der Waals surface area contributed by atoms with Crippen molar-refractivity contribution in [2.45, 2.75) is 13.5 Å². The van der Waals surface area contributed by atoms with E-state index >= 15 is 0 Å². The van der Waals surface area contributed by atoms with Crippen molar-refractivity contribution >= 4 is 11.5 Å². The van der Waals surface area contributed by atoms with Gasteiger partial charge in [-0.1, -0.05) is 0 Å². The fraction of sp³-hybridized carbons (Fsp3) is 0.200. The van der Waals surface area contributed by atoms with E-state index in [2.05, 4.69) is 15.3 Å². The van der Waals surface area contributed by atoms with E-state index in [4.69, 9.17) is 10.2 Å². The Morgan fingerprint density at radius 2 is 2.33 bits per heavy atom. The van der Waals surface area contributed by atoms with Crippen LogP contribution in [0.5, 0.6) is 0 Å². The van der Waals surface area contributed by atoms with Gasteiger partial charge in [-0.2, -0.15) is 0 Å². The molecule has 0 saturated carbocycles. The normalized spacial score (nSPS) is 10.2. The van der Waals surface area contributed by atoms with Gasteiger partial charge in [0.2, 0.25) is 0 Å². The van der Waals surface area contributed by atoms with Crippen LogP contribution in [0.4, 0.5) is 11.5 Å². The molecule has 0 aliphatic heterocycles. The lowest BCUT2D eigenvalue weighted by molar-refractivity contribution is 0.481. The summed E-state index contributed by atoms with van der Waals surface area (Å²) in [6.07, 6.45) is 3.37. The largest absolute Gasteiger partial charge is 0.444 e. The molecule has 2 heterocycles. The molecule has 0 aromatic carbocycles. The third-order valence-corrected chi connectivity index (χ3v) is 1.94. The third-order valence-electron chi connectivity index (χ3n) is 1.94. The monoisotopic (exact) mass is 204 g/mol. The Labute approximate surface area is 87.3 Å².